The van der Waals surface area contributed by atoms with Crippen molar-refractivity contribution in [1.82, 2.24) is 10.6 Å². The van der Waals surface area contributed by atoms with E-state index in [1.807, 2.05) is 44.2 Å². The molecular weight excluding hydrogens is 304 g/mol. The monoisotopic (exact) mass is 334 g/mol. The molecule has 24 heavy (non-hydrogen) atoms. The zero-order valence-electron chi connectivity index (χ0n) is 15.4. The Morgan fingerprint density at radius 2 is 1.75 bits per heavy atom. The lowest BCUT2D eigenvalue weighted by molar-refractivity contribution is -0.123. The molecule has 0 aliphatic carbocycles. The van der Waals surface area contributed by atoms with Crippen molar-refractivity contribution in [2.24, 2.45) is 5.92 Å². The van der Waals surface area contributed by atoms with Crippen molar-refractivity contribution in [2.75, 3.05) is 6.54 Å². The third kappa shape index (κ3) is 8.56. The van der Waals surface area contributed by atoms with Gasteiger partial charge in [0.2, 0.25) is 5.91 Å². The van der Waals surface area contributed by atoms with Crippen LogP contribution >= 0.6 is 0 Å². The Bertz CT molecular complexity index is 521. The molecule has 1 unspecified atom stereocenters. The largest absolute Gasteiger partial charge is 0.444 e. The molecule has 2 amide bonds. The van der Waals surface area contributed by atoms with Gasteiger partial charge in [-0.2, -0.15) is 0 Å². The van der Waals surface area contributed by atoms with Gasteiger partial charge < -0.3 is 15.4 Å². The Morgan fingerprint density at radius 3 is 2.29 bits per heavy atom. The normalized spacial score (nSPS) is 12.6. The van der Waals surface area contributed by atoms with Gasteiger partial charge in [-0.3, -0.25) is 4.79 Å². The molecule has 2 N–H and O–H groups in total. The van der Waals surface area contributed by atoms with Gasteiger partial charge in [0.1, 0.15) is 11.6 Å². The van der Waals surface area contributed by atoms with Crippen molar-refractivity contribution in [2.45, 2.75) is 59.1 Å². The minimum absolute atomic E-state index is 0.175. The Morgan fingerprint density at radius 1 is 1.12 bits per heavy atom. The Labute approximate surface area is 145 Å². The van der Waals surface area contributed by atoms with Gasteiger partial charge in [0, 0.05) is 6.54 Å². The number of benzene rings is 1. The predicted octanol–water partition coefficient (Wildman–Crippen LogP) is 3.28. The maximum absolute atomic E-state index is 12.4. The van der Waals surface area contributed by atoms with E-state index in [1.54, 1.807) is 20.8 Å². The predicted molar refractivity (Wildman–Crippen MR) is 95.8 cm³/mol. The summed E-state index contributed by atoms with van der Waals surface area (Å²) in [5.74, 6) is 0.107. The van der Waals surface area contributed by atoms with E-state index in [0.717, 1.165) is 6.42 Å². The highest BCUT2D eigenvalue weighted by molar-refractivity contribution is 5.85. The highest BCUT2D eigenvalue weighted by Crippen LogP contribution is 2.09. The molecule has 5 heteroatoms. The number of hydrogen-bond donors (Lipinski definition) is 2. The van der Waals surface area contributed by atoms with Crippen LogP contribution in [0.1, 0.15) is 46.6 Å². The molecule has 0 aliphatic rings. The Balaban J connectivity index is 2.53. The molecule has 1 aromatic rings. The van der Waals surface area contributed by atoms with Crippen LogP contribution in [0.5, 0.6) is 0 Å². The lowest BCUT2D eigenvalue weighted by Gasteiger charge is -2.24. The van der Waals surface area contributed by atoms with Gasteiger partial charge in [-0.15, -0.1) is 0 Å². The second kappa shape index (κ2) is 9.30. The topological polar surface area (TPSA) is 67.4 Å². The molecule has 0 aromatic heterocycles. The summed E-state index contributed by atoms with van der Waals surface area (Å²) in [7, 11) is 0. The summed E-state index contributed by atoms with van der Waals surface area (Å²) < 4.78 is 5.24. The minimum atomic E-state index is -0.587. The van der Waals surface area contributed by atoms with Crippen LogP contribution in [0.2, 0.25) is 0 Å². The molecule has 0 saturated heterocycles. The number of hydrogen-bond acceptors (Lipinski definition) is 3. The van der Waals surface area contributed by atoms with Gasteiger partial charge in [-0.1, -0.05) is 44.2 Å². The molecule has 0 radical (unpaired) electrons. The van der Waals surface area contributed by atoms with E-state index >= 15 is 0 Å². The highest BCUT2D eigenvalue weighted by atomic mass is 16.6. The second-order valence-corrected chi connectivity index (χ2v) is 7.35. The molecule has 0 fully saturated rings. The Kier molecular flexibility index (Phi) is 7.75. The van der Waals surface area contributed by atoms with Gasteiger partial charge in [-0.05, 0) is 45.1 Å². The van der Waals surface area contributed by atoms with E-state index in [-0.39, 0.29) is 11.8 Å². The molecular formula is C19H30N2O3. The van der Waals surface area contributed by atoms with Gasteiger partial charge in [0.05, 0.1) is 0 Å². The summed E-state index contributed by atoms with van der Waals surface area (Å²) in [4.78, 5) is 24.3. The van der Waals surface area contributed by atoms with Gasteiger partial charge in [0.15, 0.2) is 0 Å². The van der Waals surface area contributed by atoms with E-state index in [1.165, 1.54) is 5.56 Å². The fourth-order valence-electron chi connectivity index (χ4n) is 2.25. The average Bonchev–Trinajstić information content (AvgIpc) is 2.45. The molecule has 0 bridgehead atoms. The summed E-state index contributed by atoms with van der Waals surface area (Å²) in [6.45, 7) is 9.95. The van der Waals surface area contributed by atoms with Crippen molar-refractivity contribution in [3.05, 3.63) is 35.9 Å². The molecule has 0 saturated carbocycles. The number of alkyl carbamates (subject to hydrolysis) is 1. The van der Waals surface area contributed by atoms with Crippen LogP contribution in [-0.2, 0) is 16.0 Å². The molecule has 1 aromatic carbocycles. The quantitative estimate of drug-likeness (QED) is 0.804. The summed E-state index contributed by atoms with van der Waals surface area (Å²) in [6, 6.07) is 9.38. The third-order valence-electron chi connectivity index (χ3n) is 3.27. The average molecular weight is 334 g/mol. The van der Waals surface area contributed by atoms with Crippen molar-refractivity contribution in [3.63, 3.8) is 0 Å². The zero-order chi connectivity index (χ0) is 18.2. The highest BCUT2D eigenvalue weighted by Gasteiger charge is 2.24. The van der Waals surface area contributed by atoms with Gasteiger partial charge in [-0.25, -0.2) is 4.79 Å². The second-order valence-electron chi connectivity index (χ2n) is 7.35. The number of carbonyl (C=O) groups is 2. The van der Waals surface area contributed by atoms with Crippen molar-refractivity contribution in [1.29, 1.82) is 0 Å². The van der Waals surface area contributed by atoms with Crippen LogP contribution in [0.15, 0.2) is 30.3 Å². The Hall–Kier alpha value is -2.04. The molecule has 1 rings (SSSR count). The van der Waals surface area contributed by atoms with Crippen LogP contribution in [0, 0.1) is 5.92 Å². The van der Waals surface area contributed by atoms with Crippen LogP contribution < -0.4 is 10.6 Å². The molecule has 1 atom stereocenters. The smallest absolute Gasteiger partial charge is 0.408 e. The number of rotatable bonds is 7. The first-order valence-corrected chi connectivity index (χ1v) is 8.48. The molecule has 134 valence electrons. The van der Waals surface area contributed by atoms with E-state index in [4.69, 9.17) is 4.74 Å². The summed E-state index contributed by atoms with van der Waals surface area (Å²) in [5, 5.41) is 5.58. The van der Waals surface area contributed by atoms with Crippen LogP contribution in [0.3, 0.4) is 0 Å². The first-order valence-electron chi connectivity index (χ1n) is 8.48. The van der Waals surface area contributed by atoms with Crippen LogP contribution in [0.4, 0.5) is 4.79 Å². The lowest BCUT2D eigenvalue weighted by Crippen LogP contribution is -2.49. The van der Waals surface area contributed by atoms with Crippen molar-refractivity contribution in [3.8, 4) is 0 Å². The van der Waals surface area contributed by atoms with Crippen LogP contribution in [-0.4, -0.2) is 30.2 Å². The number of nitrogens with one attached hydrogen (secondary N) is 2. The summed E-state index contributed by atoms with van der Waals surface area (Å²) in [6.07, 6.45) is 0.760. The lowest BCUT2D eigenvalue weighted by atomic mass is 10.0. The SMILES string of the molecule is CC(C)CC(NC(=O)OC(C)(C)C)C(=O)NCCc1ccccc1. The van der Waals surface area contributed by atoms with Crippen molar-refractivity contribution >= 4 is 12.0 Å². The van der Waals surface area contributed by atoms with E-state index < -0.39 is 17.7 Å². The molecule has 0 aliphatic heterocycles. The van der Waals surface area contributed by atoms with E-state index in [9.17, 15) is 9.59 Å². The summed E-state index contributed by atoms with van der Waals surface area (Å²) in [5.41, 5.74) is 0.578. The van der Waals surface area contributed by atoms with Crippen molar-refractivity contribution < 1.29 is 14.3 Å². The first-order chi connectivity index (χ1) is 11.2. The first kappa shape index (κ1) is 20.0. The van der Waals surface area contributed by atoms with Gasteiger partial charge >= 0.3 is 6.09 Å². The minimum Gasteiger partial charge on any atom is -0.444 e. The molecule has 0 heterocycles. The number of ether oxygens (including phenoxy) is 1. The fourth-order valence-corrected chi connectivity index (χ4v) is 2.25. The van der Waals surface area contributed by atoms with E-state index in [0.29, 0.717) is 13.0 Å². The zero-order valence-corrected chi connectivity index (χ0v) is 15.4. The molecule has 0 spiro atoms. The maximum Gasteiger partial charge on any atom is 0.408 e. The maximum atomic E-state index is 12.4. The molecule has 5 nitrogen and oxygen atoms in total. The third-order valence-corrected chi connectivity index (χ3v) is 3.27. The standard InChI is InChI=1S/C19H30N2O3/c1-14(2)13-16(21-18(23)24-19(3,4)5)17(22)20-12-11-15-9-7-6-8-10-15/h6-10,14,16H,11-13H2,1-5H3,(H,20,22)(H,21,23). The summed E-state index contributed by atoms with van der Waals surface area (Å²) >= 11 is 0. The van der Waals surface area contributed by atoms with E-state index in [2.05, 4.69) is 10.6 Å². The number of amides is 2. The fraction of sp³-hybridized carbons (Fsp3) is 0.579. The van der Waals surface area contributed by atoms with Gasteiger partial charge in [0.25, 0.3) is 0 Å². The number of carbonyl (C=O) groups excluding carboxylic acids is 2. The van der Waals surface area contributed by atoms with Crippen LogP contribution in [0.25, 0.3) is 0 Å².